The molecule has 0 rings (SSSR count). The SMILES string of the molecule is CCCCC/C=C\C/C=C\CCCCCCCCCCCC(=O)OCC(COC(=O)CCCCCCCCCCCCCCCCCCCCCCCCC)OC(=O)CCCCCCCCCCCCCCCCCCCCCCCCC. The zero-order valence-electron chi connectivity index (χ0n) is 56.5. The molecule has 0 saturated carbocycles. The molecule has 0 spiro atoms. The predicted octanol–water partition coefficient (Wildman–Crippen LogP) is 26.1. The minimum absolute atomic E-state index is 0.0653. The second-order valence-corrected chi connectivity index (χ2v) is 25.9. The van der Waals surface area contributed by atoms with Gasteiger partial charge in [0.05, 0.1) is 0 Å². The monoisotopic (exact) mass is 1170 g/mol. The summed E-state index contributed by atoms with van der Waals surface area (Å²) in [5, 5.41) is 0. The molecule has 490 valence electrons. The third-order valence-corrected chi connectivity index (χ3v) is 17.5. The molecule has 6 nitrogen and oxygen atoms in total. The van der Waals surface area contributed by atoms with Gasteiger partial charge in [0, 0.05) is 19.3 Å². The molecule has 0 fully saturated rings. The molecule has 0 heterocycles. The van der Waals surface area contributed by atoms with Gasteiger partial charge in [-0.1, -0.05) is 385 Å². The van der Waals surface area contributed by atoms with Gasteiger partial charge in [0.2, 0.25) is 0 Å². The molecule has 0 bridgehead atoms. The molecule has 1 atom stereocenters. The normalized spacial score (nSPS) is 12.1. The maximum atomic E-state index is 13.0. The fraction of sp³-hybridized carbons (Fsp3) is 0.909. The number of unbranched alkanes of at least 4 members (excludes halogenated alkanes) is 56. The number of hydrogen-bond donors (Lipinski definition) is 0. The van der Waals surface area contributed by atoms with E-state index in [0.29, 0.717) is 19.3 Å². The van der Waals surface area contributed by atoms with Crippen LogP contribution in [0.1, 0.15) is 432 Å². The Morgan fingerprint density at radius 2 is 0.434 bits per heavy atom. The van der Waals surface area contributed by atoms with Crippen molar-refractivity contribution in [1.82, 2.24) is 0 Å². The zero-order chi connectivity index (χ0) is 59.9. The Bertz CT molecular complexity index is 1340. The maximum Gasteiger partial charge on any atom is 0.306 e. The van der Waals surface area contributed by atoms with Crippen LogP contribution in [0.2, 0.25) is 0 Å². The fourth-order valence-corrected chi connectivity index (χ4v) is 11.8. The topological polar surface area (TPSA) is 78.9 Å². The summed E-state index contributed by atoms with van der Waals surface area (Å²) in [6, 6.07) is 0. The van der Waals surface area contributed by atoms with E-state index in [1.54, 1.807) is 0 Å². The van der Waals surface area contributed by atoms with Gasteiger partial charge in [-0.3, -0.25) is 14.4 Å². The lowest BCUT2D eigenvalue weighted by atomic mass is 10.0. The molecule has 0 saturated heterocycles. The van der Waals surface area contributed by atoms with Crippen LogP contribution in [0.3, 0.4) is 0 Å². The lowest BCUT2D eigenvalue weighted by Gasteiger charge is -2.18. The van der Waals surface area contributed by atoms with E-state index in [1.807, 2.05) is 0 Å². The Morgan fingerprint density at radius 3 is 0.687 bits per heavy atom. The van der Waals surface area contributed by atoms with E-state index in [1.165, 1.54) is 327 Å². The molecule has 0 N–H and O–H groups in total. The first-order chi connectivity index (χ1) is 41.0. The Labute approximate surface area is 519 Å². The largest absolute Gasteiger partial charge is 0.462 e. The Kier molecular flexibility index (Phi) is 70.5. The van der Waals surface area contributed by atoms with Crippen molar-refractivity contribution < 1.29 is 28.6 Å². The summed E-state index contributed by atoms with van der Waals surface area (Å²) in [4.78, 5) is 38.6. The van der Waals surface area contributed by atoms with Crippen molar-refractivity contribution in [2.24, 2.45) is 0 Å². The number of ether oxygens (including phenoxy) is 3. The molecule has 83 heavy (non-hydrogen) atoms. The van der Waals surface area contributed by atoms with Crippen molar-refractivity contribution in [3.8, 4) is 0 Å². The third-order valence-electron chi connectivity index (χ3n) is 17.5. The lowest BCUT2D eigenvalue weighted by Crippen LogP contribution is -2.30. The van der Waals surface area contributed by atoms with E-state index >= 15 is 0 Å². The average Bonchev–Trinajstić information content (AvgIpc) is 3.49. The second kappa shape index (κ2) is 72.4. The maximum absolute atomic E-state index is 13.0. The molecule has 1 unspecified atom stereocenters. The van der Waals surface area contributed by atoms with E-state index in [2.05, 4.69) is 45.1 Å². The molecule has 6 heteroatoms. The van der Waals surface area contributed by atoms with Crippen LogP contribution in [0, 0.1) is 0 Å². The molecule has 0 aliphatic carbocycles. The van der Waals surface area contributed by atoms with Crippen LogP contribution in [0.5, 0.6) is 0 Å². The standard InChI is InChI=1S/C77H146O6/c1-4-7-10-13-16-19-22-25-28-31-34-36-38-40-43-46-49-52-55-58-61-64-67-70-76(79)82-73-74(72-81-75(78)69-66-63-60-57-54-51-48-45-42-33-30-27-24-21-18-15-12-9-6-3)83-77(80)71-68-65-62-59-56-53-50-47-44-41-39-37-35-32-29-26-23-20-17-14-11-8-5-2/h18,21,27,30,74H,4-17,19-20,22-26,28-29,31-73H2,1-3H3/b21-18-,30-27-. The molecule has 0 aliphatic rings. The number of hydrogen-bond acceptors (Lipinski definition) is 6. The van der Waals surface area contributed by atoms with E-state index in [-0.39, 0.29) is 31.1 Å². The minimum Gasteiger partial charge on any atom is -0.462 e. The first-order valence-corrected chi connectivity index (χ1v) is 37.8. The highest BCUT2D eigenvalue weighted by atomic mass is 16.6. The predicted molar refractivity (Wildman–Crippen MR) is 363 cm³/mol. The highest BCUT2D eigenvalue weighted by molar-refractivity contribution is 5.71. The lowest BCUT2D eigenvalue weighted by molar-refractivity contribution is -0.167. The summed E-state index contributed by atoms with van der Waals surface area (Å²) >= 11 is 0. The van der Waals surface area contributed by atoms with E-state index in [0.717, 1.165) is 64.2 Å². The summed E-state index contributed by atoms with van der Waals surface area (Å²) in [5.74, 6) is -0.831. The van der Waals surface area contributed by atoms with Gasteiger partial charge in [-0.25, -0.2) is 0 Å². The molecular weight excluding hydrogens is 1020 g/mol. The Hall–Kier alpha value is -2.11. The van der Waals surface area contributed by atoms with Crippen LogP contribution in [0.4, 0.5) is 0 Å². The molecule has 0 aromatic heterocycles. The smallest absolute Gasteiger partial charge is 0.306 e. The highest BCUT2D eigenvalue weighted by Crippen LogP contribution is 2.20. The van der Waals surface area contributed by atoms with Crippen LogP contribution in [0.25, 0.3) is 0 Å². The van der Waals surface area contributed by atoms with Crippen molar-refractivity contribution in [2.45, 2.75) is 438 Å². The highest BCUT2D eigenvalue weighted by Gasteiger charge is 2.20. The number of rotatable bonds is 71. The van der Waals surface area contributed by atoms with Gasteiger partial charge in [0.1, 0.15) is 13.2 Å². The van der Waals surface area contributed by atoms with E-state index in [9.17, 15) is 14.4 Å². The first kappa shape index (κ1) is 80.9. The summed E-state index contributed by atoms with van der Waals surface area (Å²) in [6.45, 7) is 6.72. The molecular formula is C77H146O6. The Morgan fingerprint density at radius 1 is 0.241 bits per heavy atom. The summed E-state index contributed by atoms with van der Waals surface area (Å²) < 4.78 is 17.1. The molecule has 0 aromatic carbocycles. The molecule has 0 radical (unpaired) electrons. The Balaban J connectivity index is 4.28. The number of carbonyl (C=O) groups excluding carboxylic acids is 3. The van der Waals surface area contributed by atoms with Crippen LogP contribution >= 0.6 is 0 Å². The van der Waals surface area contributed by atoms with Crippen LogP contribution in [-0.4, -0.2) is 37.2 Å². The van der Waals surface area contributed by atoms with Crippen LogP contribution in [-0.2, 0) is 28.6 Å². The fourth-order valence-electron chi connectivity index (χ4n) is 11.8. The van der Waals surface area contributed by atoms with Crippen LogP contribution < -0.4 is 0 Å². The number of allylic oxidation sites excluding steroid dienone is 4. The quantitative estimate of drug-likeness (QED) is 0.0261. The third kappa shape index (κ3) is 70.5. The molecule has 0 aromatic rings. The van der Waals surface area contributed by atoms with Crippen molar-refractivity contribution in [2.75, 3.05) is 13.2 Å². The van der Waals surface area contributed by atoms with Gasteiger partial charge in [0.25, 0.3) is 0 Å². The van der Waals surface area contributed by atoms with Crippen molar-refractivity contribution in [3.05, 3.63) is 24.3 Å². The van der Waals surface area contributed by atoms with Crippen molar-refractivity contribution >= 4 is 17.9 Å². The van der Waals surface area contributed by atoms with Gasteiger partial charge in [-0.05, 0) is 51.4 Å². The number of esters is 3. The van der Waals surface area contributed by atoms with Crippen molar-refractivity contribution in [1.29, 1.82) is 0 Å². The van der Waals surface area contributed by atoms with Gasteiger partial charge in [-0.15, -0.1) is 0 Å². The number of carbonyl (C=O) groups is 3. The van der Waals surface area contributed by atoms with Gasteiger partial charge >= 0.3 is 17.9 Å². The van der Waals surface area contributed by atoms with Crippen LogP contribution in [0.15, 0.2) is 24.3 Å². The van der Waals surface area contributed by atoms with Gasteiger partial charge in [-0.2, -0.15) is 0 Å². The molecule has 0 amide bonds. The van der Waals surface area contributed by atoms with E-state index in [4.69, 9.17) is 14.2 Å². The summed E-state index contributed by atoms with van der Waals surface area (Å²) in [6.07, 6.45) is 89.3. The summed E-state index contributed by atoms with van der Waals surface area (Å²) in [7, 11) is 0. The van der Waals surface area contributed by atoms with Gasteiger partial charge < -0.3 is 14.2 Å². The minimum atomic E-state index is -0.771. The molecule has 0 aliphatic heterocycles. The first-order valence-electron chi connectivity index (χ1n) is 37.8. The zero-order valence-corrected chi connectivity index (χ0v) is 56.5. The van der Waals surface area contributed by atoms with Crippen molar-refractivity contribution in [3.63, 3.8) is 0 Å². The average molecular weight is 1170 g/mol. The second-order valence-electron chi connectivity index (χ2n) is 25.9. The summed E-state index contributed by atoms with van der Waals surface area (Å²) in [5.41, 5.74) is 0. The van der Waals surface area contributed by atoms with Gasteiger partial charge in [0.15, 0.2) is 6.10 Å². The van der Waals surface area contributed by atoms with E-state index < -0.39 is 6.10 Å².